The van der Waals surface area contributed by atoms with Crippen LogP contribution in [0.1, 0.15) is 20.3 Å². The molecule has 2 atom stereocenters. The smallest absolute Gasteiger partial charge is 0.242 e. The van der Waals surface area contributed by atoms with Crippen molar-refractivity contribution >= 4 is 15.7 Å². The molecular formula is C11H17FN2O3S. The summed E-state index contributed by atoms with van der Waals surface area (Å²) in [6.07, 6.45) is -0.339. The number of aliphatic hydroxyl groups is 1. The normalized spacial score (nSPS) is 15.3. The Morgan fingerprint density at radius 1 is 1.44 bits per heavy atom. The standard InChI is InChI=1S/C11H17FN2O3S/c1-7(5-8(2)15)14-18(16,17)11-4-3-9(12)6-10(11)13/h3-4,6-8,14-15H,5,13H2,1-2H3. The van der Waals surface area contributed by atoms with Crippen LogP contribution in [0, 0.1) is 5.82 Å². The molecule has 1 aromatic rings. The van der Waals surface area contributed by atoms with Crippen LogP contribution in [0.2, 0.25) is 0 Å². The summed E-state index contributed by atoms with van der Waals surface area (Å²) in [5.41, 5.74) is 5.33. The summed E-state index contributed by atoms with van der Waals surface area (Å²) in [5.74, 6) is -0.594. The van der Waals surface area contributed by atoms with Crippen molar-refractivity contribution in [2.75, 3.05) is 5.73 Å². The number of benzene rings is 1. The zero-order chi connectivity index (χ0) is 13.9. The largest absolute Gasteiger partial charge is 0.398 e. The molecule has 0 saturated heterocycles. The van der Waals surface area contributed by atoms with Crippen LogP contribution in [0.4, 0.5) is 10.1 Å². The zero-order valence-corrected chi connectivity index (χ0v) is 11.0. The monoisotopic (exact) mass is 276 g/mol. The summed E-state index contributed by atoms with van der Waals surface area (Å²) >= 11 is 0. The highest BCUT2D eigenvalue weighted by atomic mass is 32.2. The molecule has 0 aromatic heterocycles. The number of hydrogen-bond acceptors (Lipinski definition) is 4. The molecule has 0 heterocycles. The number of nitrogens with two attached hydrogens (primary N) is 1. The second-order valence-electron chi connectivity index (χ2n) is 4.29. The maximum atomic E-state index is 12.8. The van der Waals surface area contributed by atoms with Gasteiger partial charge in [-0.05, 0) is 38.5 Å². The van der Waals surface area contributed by atoms with E-state index in [4.69, 9.17) is 5.73 Å². The van der Waals surface area contributed by atoms with Crippen LogP contribution < -0.4 is 10.5 Å². The lowest BCUT2D eigenvalue weighted by Gasteiger charge is -2.16. The van der Waals surface area contributed by atoms with Crippen molar-refractivity contribution in [2.45, 2.75) is 37.3 Å². The number of nitrogens with one attached hydrogen (secondary N) is 1. The fraction of sp³-hybridized carbons (Fsp3) is 0.455. The van der Waals surface area contributed by atoms with Crippen LogP contribution in [0.5, 0.6) is 0 Å². The summed E-state index contributed by atoms with van der Waals surface area (Å²) in [6, 6.07) is 2.65. The summed E-state index contributed by atoms with van der Waals surface area (Å²) in [5, 5.41) is 9.17. The Balaban J connectivity index is 2.93. The van der Waals surface area contributed by atoms with E-state index in [1.54, 1.807) is 13.8 Å². The minimum atomic E-state index is -3.81. The average molecular weight is 276 g/mol. The topological polar surface area (TPSA) is 92.4 Å². The van der Waals surface area contributed by atoms with Gasteiger partial charge in [0.2, 0.25) is 10.0 Å². The van der Waals surface area contributed by atoms with Crippen molar-refractivity contribution in [3.63, 3.8) is 0 Å². The lowest BCUT2D eigenvalue weighted by atomic mass is 10.2. The number of anilines is 1. The first-order chi connectivity index (χ1) is 8.22. The van der Waals surface area contributed by atoms with Gasteiger partial charge in [0.15, 0.2) is 0 Å². The third-order valence-electron chi connectivity index (χ3n) is 2.31. The van der Waals surface area contributed by atoms with Crippen molar-refractivity contribution in [3.05, 3.63) is 24.0 Å². The molecule has 7 heteroatoms. The molecule has 102 valence electrons. The van der Waals surface area contributed by atoms with Gasteiger partial charge in [0, 0.05) is 6.04 Å². The van der Waals surface area contributed by atoms with E-state index >= 15 is 0 Å². The van der Waals surface area contributed by atoms with E-state index in [9.17, 15) is 17.9 Å². The minimum Gasteiger partial charge on any atom is -0.398 e. The number of halogens is 1. The highest BCUT2D eigenvalue weighted by molar-refractivity contribution is 7.89. The first-order valence-corrected chi connectivity index (χ1v) is 6.96. The lowest BCUT2D eigenvalue weighted by molar-refractivity contribution is 0.175. The highest BCUT2D eigenvalue weighted by Gasteiger charge is 2.20. The van der Waals surface area contributed by atoms with Crippen LogP contribution in [0.25, 0.3) is 0 Å². The maximum Gasteiger partial charge on any atom is 0.242 e. The second kappa shape index (κ2) is 5.64. The molecule has 1 aromatic carbocycles. The van der Waals surface area contributed by atoms with Gasteiger partial charge >= 0.3 is 0 Å². The van der Waals surface area contributed by atoms with Crippen molar-refractivity contribution in [3.8, 4) is 0 Å². The molecule has 0 spiro atoms. The first kappa shape index (κ1) is 14.9. The van der Waals surface area contributed by atoms with Gasteiger partial charge in [-0.25, -0.2) is 17.5 Å². The van der Waals surface area contributed by atoms with E-state index in [1.165, 1.54) is 0 Å². The summed E-state index contributed by atoms with van der Waals surface area (Å²) in [4.78, 5) is -0.165. The van der Waals surface area contributed by atoms with Crippen molar-refractivity contribution in [2.24, 2.45) is 0 Å². The van der Waals surface area contributed by atoms with Crippen LogP contribution in [-0.2, 0) is 10.0 Å². The molecule has 0 radical (unpaired) electrons. The number of sulfonamides is 1. The van der Waals surface area contributed by atoms with Gasteiger partial charge in [0.1, 0.15) is 10.7 Å². The van der Waals surface area contributed by atoms with Gasteiger partial charge in [-0.1, -0.05) is 0 Å². The predicted molar refractivity (Wildman–Crippen MR) is 66.9 cm³/mol. The van der Waals surface area contributed by atoms with E-state index in [0.29, 0.717) is 0 Å². The van der Waals surface area contributed by atoms with E-state index in [0.717, 1.165) is 18.2 Å². The van der Waals surface area contributed by atoms with Crippen LogP contribution >= 0.6 is 0 Å². The number of nitrogen functional groups attached to an aromatic ring is 1. The molecule has 0 fully saturated rings. The third kappa shape index (κ3) is 3.94. The Hall–Kier alpha value is -1.18. The van der Waals surface area contributed by atoms with Gasteiger partial charge in [-0.15, -0.1) is 0 Å². The van der Waals surface area contributed by atoms with Crippen molar-refractivity contribution in [1.29, 1.82) is 0 Å². The highest BCUT2D eigenvalue weighted by Crippen LogP contribution is 2.19. The molecule has 18 heavy (non-hydrogen) atoms. The van der Waals surface area contributed by atoms with Crippen molar-refractivity contribution in [1.82, 2.24) is 4.72 Å². The van der Waals surface area contributed by atoms with E-state index in [2.05, 4.69) is 4.72 Å². The van der Waals surface area contributed by atoms with Gasteiger partial charge in [-0.3, -0.25) is 0 Å². The molecule has 5 nitrogen and oxygen atoms in total. The van der Waals surface area contributed by atoms with Crippen LogP contribution in [-0.4, -0.2) is 25.7 Å². The van der Waals surface area contributed by atoms with Crippen LogP contribution in [0.3, 0.4) is 0 Å². The quantitative estimate of drug-likeness (QED) is 0.695. The predicted octanol–water partition coefficient (Wildman–Crippen LogP) is 0.846. The fourth-order valence-electron chi connectivity index (χ4n) is 1.65. The molecular weight excluding hydrogens is 259 g/mol. The molecule has 0 aliphatic carbocycles. The molecule has 0 amide bonds. The summed E-state index contributed by atoms with van der Waals surface area (Å²) in [6.45, 7) is 3.20. The molecule has 0 saturated carbocycles. The Morgan fingerprint density at radius 2 is 2.06 bits per heavy atom. The summed E-state index contributed by atoms with van der Waals surface area (Å²) < 4.78 is 39.1. The molecule has 2 unspecified atom stereocenters. The molecule has 0 bridgehead atoms. The third-order valence-corrected chi connectivity index (χ3v) is 3.98. The maximum absolute atomic E-state index is 12.8. The first-order valence-electron chi connectivity index (χ1n) is 5.48. The summed E-state index contributed by atoms with van der Waals surface area (Å²) in [7, 11) is -3.81. The number of aliphatic hydroxyl groups excluding tert-OH is 1. The van der Waals surface area contributed by atoms with Crippen molar-refractivity contribution < 1.29 is 17.9 Å². The molecule has 1 rings (SSSR count). The Labute approximate surface area is 106 Å². The van der Waals surface area contributed by atoms with Gasteiger partial charge in [0.25, 0.3) is 0 Å². The van der Waals surface area contributed by atoms with Gasteiger partial charge in [-0.2, -0.15) is 0 Å². The Morgan fingerprint density at radius 3 is 2.56 bits per heavy atom. The average Bonchev–Trinajstić information content (AvgIpc) is 2.13. The SMILES string of the molecule is CC(O)CC(C)NS(=O)(=O)c1ccc(F)cc1N. The second-order valence-corrected chi connectivity index (χ2v) is 5.97. The molecule has 4 N–H and O–H groups in total. The Kier molecular flexibility index (Phi) is 4.66. The molecule has 0 aliphatic rings. The van der Waals surface area contributed by atoms with Gasteiger partial charge < -0.3 is 10.8 Å². The number of rotatable bonds is 5. The molecule has 0 aliphatic heterocycles. The van der Waals surface area contributed by atoms with E-state index < -0.39 is 28.0 Å². The van der Waals surface area contributed by atoms with E-state index in [-0.39, 0.29) is 17.0 Å². The van der Waals surface area contributed by atoms with E-state index in [1.807, 2.05) is 0 Å². The van der Waals surface area contributed by atoms with Crippen LogP contribution in [0.15, 0.2) is 23.1 Å². The minimum absolute atomic E-state index is 0.147. The zero-order valence-electron chi connectivity index (χ0n) is 10.2. The van der Waals surface area contributed by atoms with Gasteiger partial charge in [0.05, 0.1) is 11.8 Å². The lowest BCUT2D eigenvalue weighted by Crippen LogP contribution is -2.35. The fourth-order valence-corrected chi connectivity index (χ4v) is 3.02. The number of hydrogen-bond donors (Lipinski definition) is 3. The Bertz CT molecular complexity index is 517.